The lowest BCUT2D eigenvalue weighted by atomic mass is 10.1. The lowest BCUT2D eigenvalue weighted by Crippen LogP contribution is -2.52. The Morgan fingerprint density at radius 3 is 2.76 bits per heavy atom. The molecule has 1 saturated heterocycles. The molecule has 1 rings (SSSR count). The minimum atomic E-state index is -0.706. The Kier molecular flexibility index (Phi) is 6.34. The molecule has 4 heteroatoms. The van der Waals surface area contributed by atoms with Gasteiger partial charge in [-0.1, -0.05) is 39.0 Å². The molecule has 0 aromatic rings. The Hall–Kier alpha value is -0.220. The normalized spacial score (nSPS) is 29.2. The quantitative estimate of drug-likeness (QED) is 0.689. The number of thioether (sulfide) groups is 1. The first kappa shape index (κ1) is 14.8. The molecule has 0 aromatic carbocycles. The van der Waals surface area contributed by atoms with Gasteiger partial charge in [0, 0.05) is 0 Å². The Bertz CT molecular complexity index is 248. The molecule has 0 saturated carbocycles. The van der Waals surface area contributed by atoms with Gasteiger partial charge < -0.3 is 5.11 Å². The molecule has 1 aliphatic rings. The smallest absolute Gasteiger partial charge is 0.320 e. The summed E-state index contributed by atoms with van der Waals surface area (Å²) in [4.78, 5) is 11.0. The number of unbranched alkanes of at least 4 members (excludes halogenated alkanes) is 4. The second-order valence-corrected chi connectivity index (χ2v) is 6.67. The minimum absolute atomic E-state index is 0.0342. The molecule has 0 bridgehead atoms. The van der Waals surface area contributed by atoms with Crippen molar-refractivity contribution in [1.82, 2.24) is 5.32 Å². The van der Waals surface area contributed by atoms with E-state index < -0.39 is 5.97 Å². The molecule has 2 unspecified atom stereocenters. The molecule has 1 heterocycles. The van der Waals surface area contributed by atoms with Gasteiger partial charge in [0.25, 0.3) is 0 Å². The maximum atomic E-state index is 11.0. The summed E-state index contributed by atoms with van der Waals surface area (Å²) in [6.07, 6.45) is 8.17. The zero-order valence-electron chi connectivity index (χ0n) is 11.0. The Morgan fingerprint density at radius 2 is 2.12 bits per heavy atom. The number of carboxylic acid groups (broad SMARTS) is 1. The summed E-state index contributed by atoms with van der Waals surface area (Å²) < 4.78 is 0. The molecule has 0 radical (unpaired) electrons. The average Bonchev–Trinajstić information content (AvgIpc) is 2.28. The molecule has 2 atom stereocenters. The SMILES string of the molecule is CCCCCCCC1(C)NC(C(=O)O)CCS1. The predicted octanol–water partition coefficient (Wildman–Crippen LogP) is 3.24. The van der Waals surface area contributed by atoms with Gasteiger partial charge >= 0.3 is 5.97 Å². The fourth-order valence-corrected chi connectivity index (χ4v) is 3.60. The molecule has 0 amide bonds. The van der Waals surface area contributed by atoms with E-state index in [-0.39, 0.29) is 10.9 Å². The first-order chi connectivity index (χ1) is 8.07. The lowest BCUT2D eigenvalue weighted by Gasteiger charge is -2.37. The summed E-state index contributed by atoms with van der Waals surface area (Å²) in [6, 6.07) is -0.350. The van der Waals surface area contributed by atoms with Gasteiger partial charge in [-0.05, 0) is 25.5 Å². The second kappa shape index (κ2) is 7.27. The van der Waals surface area contributed by atoms with Crippen LogP contribution in [-0.4, -0.2) is 27.7 Å². The van der Waals surface area contributed by atoms with E-state index in [2.05, 4.69) is 19.2 Å². The molecule has 1 aliphatic heterocycles. The van der Waals surface area contributed by atoms with Crippen LogP contribution in [0.3, 0.4) is 0 Å². The monoisotopic (exact) mass is 259 g/mol. The highest BCUT2D eigenvalue weighted by atomic mass is 32.2. The minimum Gasteiger partial charge on any atom is -0.480 e. The summed E-state index contributed by atoms with van der Waals surface area (Å²) in [5, 5.41) is 12.3. The van der Waals surface area contributed by atoms with Crippen LogP contribution in [0.1, 0.15) is 58.8 Å². The van der Waals surface area contributed by atoms with Crippen LogP contribution in [0.2, 0.25) is 0 Å². The van der Waals surface area contributed by atoms with Crippen molar-refractivity contribution in [2.75, 3.05) is 5.75 Å². The van der Waals surface area contributed by atoms with Crippen LogP contribution in [-0.2, 0) is 4.79 Å². The van der Waals surface area contributed by atoms with Gasteiger partial charge in [-0.25, -0.2) is 0 Å². The summed E-state index contributed by atoms with van der Waals surface area (Å²) in [7, 11) is 0. The third-order valence-corrected chi connectivity index (χ3v) is 4.76. The Balaban J connectivity index is 2.27. The van der Waals surface area contributed by atoms with E-state index in [1.165, 1.54) is 32.1 Å². The van der Waals surface area contributed by atoms with Crippen molar-refractivity contribution < 1.29 is 9.90 Å². The number of carbonyl (C=O) groups is 1. The van der Waals surface area contributed by atoms with Gasteiger partial charge in [0.1, 0.15) is 6.04 Å². The van der Waals surface area contributed by atoms with Crippen molar-refractivity contribution >= 4 is 17.7 Å². The molecule has 0 aliphatic carbocycles. The van der Waals surface area contributed by atoms with E-state index >= 15 is 0 Å². The third kappa shape index (κ3) is 5.30. The molecule has 3 nitrogen and oxygen atoms in total. The van der Waals surface area contributed by atoms with Crippen molar-refractivity contribution in [2.45, 2.75) is 69.7 Å². The van der Waals surface area contributed by atoms with E-state index in [1.54, 1.807) is 0 Å². The molecule has 0 spiro atoms. The maximum absolute atomic E-state index is 11.0. The van der Waals surface area contributed by atoms with Crippen molar-refractivity contribution in [3.05, 3.63) is 0 Å². The average molecular weight is 259 g/mol. The first-order valence-corrected chi connectivity index (χ1v) is 7.70. The highest BCUT2D eigenvalue weighted by molar-refractivity contribution is 8.00. The standard InChI is InChI=1S/C13H25NO2S/c1-3-4-5-6-7-9-13(2)14-11(12(15)16)8-10-17-13/h11,14H,3-10H2,1-2H3,(H,15,16). The fraction of sp³-hybridized carbons (Fsp3) is 0.923. The van der Waals surface area contributed by atoms with Gasteiger partial charge in [0.2, 0.25) is 0 Å². The number of hydrogen-bond acceptors (Lipinski definition) is 3. The predicted molar refractivity (Wildman–Crippen MR) is 73.4 cm³/mol. The Morgan fingerprint density at radius 1 is 1.41 bits per heavy atom. The highest BCUT2D eigenvalue weighted by Crippen LogP contribution is 2.33. The van der Waals surface area contributed by atoms with Crippen LogP contribution in [0.5, 0.6) is 0 Å². The summed E-state index contributed by atoms with van der Waals surface area (Å²) in [5.74, 6) is 0.248. The third-order valence-electron chi connectivity index (χ3n) is 3.36. The van der Waals surface area contributed by atoms with E-state index in [9.17, 15) is 4.79 Å². The van der Waals surface area contributed by atoms with Crippen LogP contribution in [0.15, 0.2) is 0 Å². The van der Waals surface area contributed by atoms with Crippen molar-refractivity contribution in [3.63, 3.8) is 0 Å². The van der Waals surface area contributed by atoms with Crippen molar-refractivity contribution in [2.24, 2.45) is 0 Å². The maximum Gasteiger partial charge on any atom is 0.320 e. The van der Waals surface area contributed by atoms with Crippen LogP contribution in [0.4, 0.5) is 0 Å². The number of carboxylic acids is 1. The van der Waals surface area contributed by atoms with Crippen LogP contribution >= 0.6 is 11.8 Å². The van der Waals surface area contributed by atoms with Crippen LogP contribution in [0.25, 0.3) is 0 Å². The number of nitrogens with one attached hydrogen (secondary N) is 1. The second-order valence-electron chi connectivity index (χ2n) is 5.07. The highest BCUT2D eigenvalue weighted by Gasteiger charge is 2.34. The van der Waals surface area contributed by atoms with E-state index in [1.807, 2.05) is 11.8 Å². The van der Waals surface area contributed by atoms with Crippen molar-refractivity contribution in [3.8, 4) is 0 Å². The lowest BCUT2D eigenvalue weighted by molar-refractivity contribution is -0.140. The molecular formula is C13H25NO2S. The molecule has 1 fully saturated rings. The van der Waals surface area contributed by atoms with E-state index in [4.69, 9.17) is 5.11 Å². The molecular weight excluding hydrogens is 234 g/mol. The molecule has 17 heavy (non-hydrogen) atoms. The topological polar surface area (TPSA) is 49.3 Å². The van der Waals surface area contributed by atoms with Gasteiger partial charge in [0.05, 0.1) is 4.87 Å². The summed E-state index contributed by atoms with van der Waals surface area (Å²) >= 11 is 1.88. The summed E-state index contributed by atoms with van der Waals surface area (Å²) in [5.41, 5.74) is 0. The van der Waals surface area contributed by atoms with Gasteiger partial charge in [-0.15, -0.1) is 11.8 Å². The zero-order valence-corrected chi connectivity index (χ0v) is 11.8. The molecule has 2 N–H and O–H groups in total. The van der Waals surface area contributed by atoms with E-state index in [0.29, 0.717) is 0 Å². The number of rotatable bonds is 7. The summed E-state index contributed by atoms with van der Waals surface area (Å²) in [6.45, 7) is 4.36. The first-order valence-electron chi connectivity index (χ1n) is 6.72. The van der Waals surface area contributed by atoms with Crippen LogP contribution in [0, 0.1) is 0 Å². The zero-order chi connectivity index (χ0) is 12.7. The fourth-order valence-electron chi connectivity index (χ4n) is 2.28. The number of hydrogen-bond donors (Lipinski definition) is 2. The van der Waals surface area contributed by atoms with Crippen molar-refractivity contribution in [1.29, 1.82) is 0 Å². The number of aliphatic carboxylic acids is 1. The molecule has 100 valence electrons. The Labute approximate surface area is 109 Å². The largest absolute Gasteiger partial charge is 0.480 e. The van der Waals surface area contributed by atoms with Gasteiger partial charge in [-0.3, -0.25) is 10.1 Å². The van der Waals surface area contributed by atoms with Crippen LogP contribution < -0.4 is 5.32 Å². The van der Waals surface area contributed by atoms with Gasteiger partial charge in [0.15, 0.2) is 0 Å². The molecule has 0 aromatic heterocycles. The van der Waals surface area contributed by atoms with E-state index in [0.717, 1.165) is 18.6 Å². The van der Waals surface area contributed by atoms with Gasteiger partial charge in [-0.2, -0.15) is 0 Å².